The Kier molecular flexibility index (Phi) is 5.49. The van der Waals surface area contributed by atoms with Crippen LogP contribution in [0.3, 0.4) is 0 Å². The minimum atomic E-state index is -2.70. The number of aromatic amines is 1. The molecule has 172 valence electrons. The highest BCUT2D eigenvalue weighted by Crippen LogP contribution is 2.40. The van der Waals surface area contributed by atoms with Crippen LogP contribution in [-0.2, 0) is 0 Å². The lowest BCUT2D eigenvalue weighted by Crippen LogP contribution is -2.68. The number of aryl methyl sites for hydroxylation is 1. The van der Waals surface area contributed by atoms with Crippen LogP contribution in [0, 0.1) is 6.92 Å². The highest BCUT2D eigenvalue weighted by Gasteiger charge is 2.52. The Balaban J connectivity index is 1.73. The summed E-state index contributed by atoms with van der Waals surface area (Å²) in [6, 6.07) is 32.1. The lowest BCUT2D eigenvalue weighted by atomic mass is 10.1. The Morgan fingerprint density at radius 1 is 0.706 bits per heavy atom. The Hall–Kier alpha value is -3.50. The van der Waals surface area contributed by atoms with Gasteiger partial charge in [0, 0.05) is 22.4 Å². The molecule has 1 N–H and O–H groups in total. The van der Waals surface area contributed by atoms with E-state index in [4.69, 9.17) is 9.16 Å². The molecule has 0 amide bonds. The number of methoxy groups -OCH3 is 1. The Morgan fingerprint density at radius 2 is 1.29 bits per heavy atom. The van der Waals surface area contributed by atoms with Gasteiger partial charge in [0.1, 0.15) is 11.5 Å². The van der Waals surface area contributed by atoms with Crippen molar-refractivity contribution < 1.29 is 9.16 Å². The highest BCUT2D eigenvalue weighted by atomic mass is 28.4. The SMILES string of the molecule is COc1ccc2[nH]c3cc(O[Si](c4ccccc4)(c4ccccc4)C(C)(C)C)c(C)cc3c2c1. The molecule has 0 aliphatic heterocycles. The second-order valence-corrected chi connectivity index (χ2v) is 14.2. The maximum Gasteiger partial charge on any atom is 0.319 e. The minimum absolute atomic E-state index is 0.0923. The van der Waals surface area contributed by atoms with Gasteiger partial charge in [0.15, 0.2) is 0 Å². The van der Waals surface area contributed by atoms with Crippen molar-refractivity contribution in [3.63, 3.8) is 0 Å². The fraction of sp³-hybridized carbons (Fsp3) is 0.200. The third-order valence-electron chi connectivity index (χ3n) is 6.78. The zero-order valence-corrected chi connectivity index (χ0v) is 21.5. The summed E-state index contributed by atoms with van der Waals surface area (Å²) in [6.07, 6.45) is 0. The van der Waals surface area contributed by atoms with Gasteiger partial charge in [0.25, 0.3) is 0 Å². The number of nitrogens with one attached hydrogen (secondary N) is 1. The second kappa shape index (κ2) is 8.37. The van der Waals surface area contributed by atoms with Crippen LogP contribution in [0.25, 0.3) is 21.8 Å². The summed E-state index contributed by atoms with van der Waals surface area (Å²) in [4.78, 5) is 3.58. The number of rotatable bonds is 5. The second-order valence-electron chi connectivity index (χ2n) is 9.97. The first kappa shape index (κ1) is 22.3. The standard InChI is InChI=1S/C30H31NO2Si/c1-21-18-25-26-19-22(32-5)16-17-27(26)31-28(25)20-29(21)33-34(30(2,3)4,23-12-8-6-9-13-23)24-14-10-7-11-15-24/h6-20,31H,1-5H3. The van der Waals surface area contributed by atoms with E-state index in [0.29, 0.717) is 0 Å². The number of hydrogen-bond acceptors (Lipinski definition) is 2. The van der Waals surface area contributed by atoms with Crippen molar-refractivity contribution in [2.24, 2.45) is 0 Å². The van der Waals surface area contributed by atoms with Crippen molar-refractivity contribution in [1.29, 1.82) is 0 Å². The number of ether oxygens (including phenoxy) is 1. The zero-order chi connectivity index (χ0) is 23.9. The molecule has 0 spiro atoms. The van der Waals surface area contributed by atoms with Crippen LogP contribution < -0.4 is 19.5 Å². The van der Waals surface area contributed by atoms with Gasteiger partial charge in [-0.1, -0.05) is 81.4 Å². The molecule has 3 nitrogen and oxygen atoms in total. The van der Waals surface area contributed by atoms with Gasteiger partial charge in [0.2, 0.25) is 0 Å². The first-order valence-electron chi connectivity index (χ1n) is 11.7. The number of hydrogen-bond donors (Lipinski definition) is 1. The molecular weight excluding hydrogens is 434 g/mol. The molecule has 0 saturated carbocycles. The predicted molar refractivity (Wildman–Crippen MR) is 145 cm³/mol. The largest absolute Gasteiger partial charge is 0.534 e. The minimum Gasteiger partial charge on any atom is -0.534 e. The molecule has 1 aromatic heterocycles. The topological polar surface area (TPSA) is 34.2 Å². The van der Waals surface area contributed by atoms with Crippen LogP contribution in [-0.4, -0.2) is 20.4 Å². The monoisotopic (exact) mass is 465 g/mol. The molecule has 0 aliphatic carbocycles. The van der Waals surface area contributed by atoms with Gasteiger partial charge < -0.3 is 14.1 Å². The van der Waals surface area contributed by atoms with Gasteiger partial charge in [-0.3, -0.25) is 0 Å². The van der Waals surface area contributed by atoms with Gasteiger partial charge in [0.05, 0.1) is 12.6 Å². The molecule has 0 radical (unpaired) electrons. The molecule has 0 bridgehead atoms. The van der Waals surface area contributed by atoms with E-state index in [1.165, 1.54) is 15.8 Å². The Labute approximate surface area is 202 Å². The Bertz CT molecular complexity index is 1410. The number of aromatic nitrogens is 1. The van der Waals surface area contributed by atoms with Crippen molar-refractivity contribution in [3.8, 4) is 11.5 Å². The summed E-state index contributed by atoms with van der Waals surface area (Å²) in [5.74, 6) is 1.79. The fourth-order valence-corrected chi connectivity index (χ4v) is 9.55. The Morgan fingerprint density at radius 3 is 1.85 bits per heavy atom. The average molecular weight is 466 g/mol. The quantitative estimate of drug-likeness (QED) is 0.298. The van der Waals surface area contributed by atoms with E-state index in [9.17, 15) is 0 Å². The van der Waals surface area contributed by atoms with Gasteiger partial charge in [-0.15, -0.1) is 0 Å². The maximum atomic E-state index is 7.31. The van der Waals surface area contributed by atoms with Gasteiger partial charge in [-0.25, -0.2) is 0 Å². The molecular formula is C30H31NO2Si. The molecule has 1 heterocycles. The van der Waals surface area contributed by atoms with E-state index < -0.39 is 8.32 Å². The summed E-state index contributed by atoms with van der Waals surface area (Å²) < 4.78 is 12.8. The lowest BCUT2D eigenvalue weighted by molar-refractivity contribution is 0.415. The summed E-state index contributed by atoms with van der Waals surface area (Å²) in [7, 11) is -0.991. The third-order valence-corrected chi connectivity index (χ3v) is 11.7. The van der Waals surface area contributed by atoms with E-state index in [2.05, 4.69) is 118 Å². The number of H-pyrrole nitrogens is 1. The van der Waals surface area contributed by atoms with Crippen molar-refractivity contribution in [2.75, 3.05) is 7.11 Å². The third kappa shape index (κ3) is 3.59. The van der Waals surface area contributed by atoms with Crippen molar-refractivity contribution >= 4 is 40.5 Å². The summed E-state index contributed by atoms with van der Waals surface area (Å²) in [5.41, 5.74) is 3.30. The summed E-state index contributed by atoms with van der Waals surface area (Å²) in [6.45, 7) is 9.07. The molecule has 0 atom stereocenters. The fourth-order valence-electron chi connectivity index (χ4n) is 5.07. The van der Waals surface area contributed by atoms with Crippen LogP contribution in [0.2, 0.25) is 5.04 Å². The predicted octanol–water partition coefficient (Wildman–Crippen LogP) is 6.58. The number of fused-ring (bicyclic) bond motifs is 3. The van der Waals surface area contributed by atoms with Crippen LogP contribution in [0.4, 0.5) is 0 Å². The van der Waals surface area contributed by atoms with E-state index in [0.717, 1.165) is 33.5 Å². The first-order valence-corrected chi connectivity index (χ1v) is 13.6. The number of benzene rings is 4. The normalized spacial score (nSPS) is 12.3. The molecule has 34 heavy (non-hydrogen) atoms. The average Bonchev–Trinajstić information content (AvgIpc) is 3.19. The summed E-state index contributed by atoms with van der Waals surface area (Å²) >= 11 is 0. The van der Waals surface area contributed by atoms with Crippen molar-refractivity contribution in [3.05, 3.63) is 96.6 Å². The zero-order valence-electron chi connectivity index (χ0n) is 20.5. The van der Waals surface area contributed by atoms with Crippen LogP contribution >= 0.6 is 0 Å². The molecule has 5 aromatic rings. The van der Waals surface area contributed by atoms with E-state index in [1.54, 1.807) is 7.11 Å². The molecule has 0 fully saturated rings. The van der Waals surface area contributed by atoms with Crippen LogP contribution in [0.15, 0.2) is 91.0 Å². The molecule has 5 rings (SSSR count). The first-order chi connectivity index (χ1) is 16.3. The maximum absolute atomic E-state index is 7.31. The van der Waals surface area contributed by atoms with Crippen LogP contribution in [0.1, 0.15) is 26.3 Å². The molecule has 0 saturated heterocycles. The van der Waals surface area contributed by atoms with Crippen molar-refractivity contribution in [1.82, 2.24) is 4.98 Å². The smallest absolute Gasteiger partial charge is 0.319 e. The van der Waals surface area contributed by atoms with Crippen LogP contribution in [0.5, 0.6) is 11.5 Å². The van der Waals surface area contributed by atoms with Gasteiger partial charge >= 0.3 is 8.32 Å². The lowest BCUT2D eigenvalue weighted by Gasteiger charge is -2.43. The summed E-state index contributed by atoms with van der Waals surface area (Å²) in [5, 5.41) is 4.80. The van der Waals surface area contributed by atoms with E-state index >= 15 is 0 Å². The highest BCUT2D eigenvalue weighted by molar-refractivity contribution is 7.00. The van der Waals surface area contributed by atoms with E-state index in [-0.39, 0.29) is 5.04 Å². The molecule has 0 aliphatic rings. The van der Waals surface area contributed by atoms with Gasteiger partial charge in [-0.2, -0.15) is 0 Å². The molecule has 4 heteroatoms. The van der Waals surface area contributed by atoms with E-state index in [1.807, 2.05) is 6.07 Å². The van der Waals surface area contributed by atoms with Gasteiger partial charge in [-0.05, 0) is 52.2 Å². The molecule has 4 aromatic carbocycles. The van der Waals surface area contributed by atoms with Crippen molar-refractivity contribution in [2.45, 2.75) is 32.7 Å². The molecule has 0 unspecified atom stereocenters.